The van der Waals surface area contributed by atoms with E-state index in [0.717, 1.165) is 11.1 Å². The standard InChI is InChI=1S/C28H27Cl2N3O5/c1-17(28(37)38)31-25(35)14-26(36)33(22-3-2-4-24(34)13-22)23-15-32(16-23)27(18-5-9-20(29)10-6-18)19-7-11-21(30)12-8-19/h2-13,17,23,27,34H,14-16H2,1H3,(H,31,35)(H,37,38). The molecule has 1 heterocycles. The largest absolute Gasteiger partial charge is 0.508 e. The van der Waals surface area contributed by atoms with E-state index in [1.807, 2.05) is 48.5 Å². The van der Waals surface area contributed by atoms with Crippen molar-refractivity contribution in [1.82, 2.24) is 10.2 Å². The quantitative estimate of drug-likeness (QED) is 0.335. The van der Waals surface area contributed by atoms with Crippen LogP contribution in [0.15, 0.2) is 72.8 Å². The average molecular weight is 556 g/mol. The van der Waals surface area contributed by atoms with Gasteiger partial charge in [0.25, 0.3) is 0 Å². The number of anilines is 1. The van der Waals surface area contributed by atoms with Crippen molar-refractivity contribution in [2.45, 2.75) is 31.5 Å². The van der Waals surface area contributed by atoms with Gasteiger partial charge < -0.3 is 20.4 Å². The fourth-order valence-corrected chi connectivity index (χ4v) is 4.80. The number of aliphatic carboxylic acids is 1. The molecule has 3 aromatic carbocycles. The maximum atomic E-state index is 13.3. The number of nitrogens with zero attached hydrogens (tertiary/aromatic N) is 2. The van der Waals surface area contributed by atoms with E-state index in [1.165, 1.54) is 24.0 Å². The van der Waals surface area contributed by atoms with E-state index in [2.05, 4.69) is 10.2 Å². The number of nitrogens with one attached hydrogen (secondary N) is 1. The minimum absolute atomic E-state index is 0.0133. The number of phenolic OH excluding ortho intramolecular Hbond substituents is 1. The summed E-state index contributed by atoms with van der Waals surface area (Å²) in [5.74, 6) is -2.39. The van der Waals surface area contributed by atoms with E-state index in [4.69, 9.17) is 28.3 Å². The minimum Gasteiger partial charge on any atom is -0.508 e. The maximum Gasteiger partial charge on any atom is 0.325 e. The number of rotatable bonds is 9. The van der Waals surface area contributed by atoms with Gasteiger partial charge in [-0.25, -0.2) is 0 Å². The van der Waals surface area contributed by atoms with Crippen LogP contribution in [0, 0.1) is 0 Å². The summed E-state index contributed by atoms with van der Waals surface area (Å²) in [4.78, 5) is 40.5. The highest BCUT2D eigenvalue weighted by Gasteiger charge is 2.40. The van der Waals surface area contributed by atoms with Gasteiger partial charge in [0.1, 0.15) is 18.2 Å². The Morgan fingerprint density at radius 2 is 1.53 bits per heavy atom. The molecule has 8 nitrogen and oxygen atoms in total. The lowest BCUT2D eigenvalue weighted by Crippen LogP contribution is -2.62. The molecule has 0 radical (unpaired) electrons. The van der Waals surface area contributed by atoms with Crippen molar-refractivity contribution in [3.05, 3.63) is 94.0 Å². The van der Waals surface area contributed by atoms with Gasteiger partial charge in [-0.15, -0.1) is 0 Å². The van der Waals surface area contributed by atoms with Crippen LogP contribution in [0.25, 0.3) is 0 Å². The van der Waals surface area contributed by atoms with E-state index >= 15 is 0 Å². The molecule has 0 aromatic heterocycles. The van der Waals surface area contributed by atoms with Crippen LogP contribution < -0.4 is 10.2 Å². The van der Waals surface area contributed by atoms with Crippen molar-refractivity contribution < 1.29 is 24.6 Å². The van der Waals surface area contributed by atoms with Crippen molar-refractivity contribution in [1.29, 1.82) is 0 Å². The van der Waals surface area contributed by atoms with Crippen LogP contribution in [0.5, 0.6) is 5.75 Å². The summed E-state index contributed by atoms with van der Waals surface area (Å²) in [6, 6.07) is 19.9. The van der Waals surface area contributed by atoms with E-state index in [0.29, 0.717) is 28.8 Å². The summed E-state index contributed by atoms with van der Waals surface area (Å²) >= 11 is 12.2. The van der Waals surface area contributed by atoms with Crippen LogP contribution in [0.2, 0.25) is 10.0 Å². The number of phenols is 1. The SMILES string of the molecule is CC(NC(=O)CC(=O)N(c1cccc(O)c1)C1CN(C(c2ccc(Cl)cc2)c2ccc(Cl)cc2)C1)C(=O)O. The zero-order valence-electron chi connectivity index (χ0n) is 20.6. The Labute approximate surface area is 230 Å². The highest BCUT2D eigenvalue weighted by molar-refractivity contribution is 6.30. The molecule has 3 N–H and O–H groups in total. The van der Waals surface area contributed by atoms with Gasteiger partial charge in [0.2, 0.25) is 11.8 Å². The smallest absolute Gasteiger partial charge is 0.325 e. The zero-order valence-corrected chi connectivity index (χ0v) is 22.1. The molecule has 10 heteroatoms. The Bertz CT molecular complexity index is 1270. The lowest BCUT2D eigenvalue weighted by atomic mass is 9.92. The molecule has 1 aliphatic heterocycles. The van der Waals surface area contributed by atoms with Crippen molar-refractivity contribution in [2.75, 3.05) is 18.0 Å². The lowest BCUT2D eigenvalue weighted by Gasteiger charge is -2.49. The number of carbonyl (C=O) groups is 3. The molecule has 198 valence electrons. The molecule has 0 spiro atoms. The third-order valence-corrected chi connectivity index (χ3v) is 6.93. The Balaban J connectivity index is 1.57. The van der Waals surface area contributed by atoms with Crippen molar-refractivity contribution >= 4 is 46.7 Å². The molecule has 1 fully saturated rings. The van der Waals surface area contributed by atoms with Crippen LogP contribution in [-0.4, -0.2) is 58.1 Å². The molecule has 4 rings (SSSR count). The number of carboxylic acid groups (broad SMARTS) is 1. The molecule has 1 aliphatic rings. The average Bonchev–Trinajstić information content (AvgIpc) is 2.84. The van der Waals surface area contributed by atoms with Gasteiger partial charge in [0.15, 0.2) is 0 Å². The first-order valence-corrected chi connectivity index (χ1v) is 12.8. The van der Waals surface area contributed by atoms with Crippen LogP contribution >= 0.6 is 23.2 Å². The maximum absolute atomic E-state index is 13.3. The van der Waals surface area contributed by atoms with Gasteiger partial charge in [-0.3, -0.25) is 19.3 Å². The van der Waals surface area contributed by atoms with Crippen LogP contribution in [-0.2, 0) is 14.4 Å². The zero-order chi connectivity index (χ0) is 27.4. The Hall–Kier alpha value is -3.59. The molecular weight excluding hydrogens is 529 g/mol. The summed E-state index contributed by atoms with van der Waals surface area (Å²) < 4.78 is 0. The Kier molecular flexibility index (Phi) is 8.56. The molecule has 38 heavy (non-hydrogen) atoms. The summed E-state index contributed by atoms with van der Waals surface area (Å²) in [5.41, 5.74) is 2.49. The number of carbonyl (C=O) groups excluding carboxylic acids is 2. The van der Waals surface area contributed by atoms with Gasteiger partial charge >= 0.3 is 5.97 Å². The van der Waals surface area contributed by atoms with Gasteiger partial charge in [0.05, 0.1) is 12.1 Å². The van der Waals surface area contributed by atoms with E-state index in [1.54, 1.807) is 12.1 Å². The van der Waals surface area contributed by atoms with E-state index < -0.39 is 30.2 Å². The first-order chi connectivity index (χ1) is 18.1. The second kappa shape index (κ2) is 11.9. The van der Waals surface area contributed by atoms with Gasteiger partial charge in [-0.05, 0) is 54.4 Å². The number of hydrogen-bond acceptors (Lipinski definition) is 5. The number of hydrogen-bond donors (Lipinski definition) is 3. The number of aromatic hydroxyl groups is 1. The summed E-state index contributed by atoms with van der Waals surface area (Å²) in [6.45, 7) is 2.31. The third-order valence-electron chi connectivity index (χ3n) is 6.43. The van der Waals surface area contributed by atoms with Crippen LogP contribution in [0.3, 0.4) is 0 Å². The van der Waals surface area contributed by atoms with E-state index in [9.17, 15) is 19.5 Å². The normalized spacial score (nSPS) is 14.5. The first kappa shape index (κ1) is 27.4. The fourth-order valence-electron chi connectivity index (χ4n) is 4.54. The molecule has 2 amide bonds. The Morgan fingerprint density at radius 1 is 0.974 bits per heavy atom. The number of halogens is 2. The van der Waals surface area contributed by atoms with Crippen molar-refractivity contribution in [2.24, 2.45) is 0 Å². The molecule has 0 bridgehead atoms. The fraction of sp³-hybridized carbons (Fsp3) is 0.250. The number of likely N-dealkylation sites (tertiary alicyclic amines) is 1. The van der Waals surface area contributed by atoms with Crippen LogP contribution in [0.1, 0.15) is 30.5 Å². The predicted octanol–water partition coefficient (Wildman–Crippen LogP) is 4.49. The lowest BCUT2D eigenvalue weighted by molar-refractivity contribution is -0.142. The molecule has 0 aliphatic carbocycles. The third kappa shape index (κ3) is 6.45. The summed E-state index contributed by atoms with van der Waals surface area (Å²) in [5, 5.41) is 22.7. The molecule has 0 saturated carbocycles. The molecule has 3 aromatic rings. The number of carboxylic acids is 1. The summed E-state index contributed by atoms with van der Waals surface area (Å²) in [6.07, 6.45) is -0.526. The van der Waals surface area contributed by atoms with Crippen molar-refractivity contribution in [3.8, 4) is 5.75 Å². The minimum atomic E-state index is -1.19. The number of benzene rings is 3. The van der Waals surface area contributed by atoms with E-state index in [-0.39, 0.29) is 17.8 Å². The molecule has 1 saturated heterocycles. The van der Waals surface area contributed by atoms with Crippen LogP contribution in [0.4, 0.5) is 5.69 Å². The Morgan fingerprint density at radius 3 is 2.03 bits per heavy atom. The number of amides is 2. The molecule has 1 unspecified atom stereocenters. The van der Waals surface area contributed by atoms with Gasteiger partial charge in [-0.1, -0.05) is 53.5 Å². The van der Waals surface area contributed by atoms with Gasteiger partial charge in [0, 0.05) is 34.9 Å². The topological polar surface area (TPSA) is 110 Å². The van der Waals surface area contributed by atoms with Gasteiger partial charge in [-0.2, -0.15) is 0 Å². The highest BCUT2D eigenvalue weighted by Crippen LogP contribution is 2.36. The predicted molar refractivity (Wildman–Crippen MR) is 146 cm³/mol. The van der Waals surface area contributed by atoms with Crippen molar-refractivity contribution in [3.63, 3.8) is 0 Å². The highest BCUT2D eigenvalue weighted by atomic mass is 35.5. The molecular formula is C28H27Cl2N3O5. The molecule has 1 atom stereocenters. The second-order valence-electron chi connectivity index (χ2n) is 9.20. The monoisotopic (exact) mass is 555 g/mol. The summed E-state index contributed by atoms with van der Waals surface area (Å²) in [7, 11) is 0. The second-order valence-corrected chi connectivity index (χ2v) is 10.1. The first-order valence-electron chi connectivity index (χ1n) is 12.0.